The van der Waals surface area contributed by atoms with Gasteiger partial charge in [0.05, 0.1) is 5.25 Å². The van der Waals surface area contributed by atoms with Gasteiger partial charge in [-0.25, -0.2) is 8.42 Å². The normalized spacial score (nSPS) is 29.3. The van der Waals surface area contributed by atoms with Crippen molar-refractivity contribution in [2.24, 2.45) is 5.92 Å². The fraction of sp³-hybridized carbons (Fsp3) is 1.00. The Morgan fingerprint density at radius 3 is 1.45 bits per heavy atom. The summed E-state index contributed by atoms with van der Waals surface area (Å²) in [5.41, 5.74) is 0. The highest BCUT2D eigenvalue weighted by Gasteiger charge is 2.22. The number of hydrogen-bond acceptors (Lipinski definition) is 2. The Labute approximate surface area is 130 Å². The zero-order valence-electron chi connectivity index (χ0n) is 12.9. The smallest absolute Gasteiger partial charge is 0.212 e. The lowest BCUT2D eigenvalue weighted by atomic mass is 9.96. The molecular formula is C16H31ClO2S. The highest BCUT2D eigenvalue weighted by molar-refractivity contribution is 8.14. The fourth-order valence-corrected chi connectivity index (χ4v) is 4.61. The van der Waals surface area contributed by atoms with Crippen molar-refractivity contribution in [3.8, 4) is 0 Å². The molecule has 120 valence electrons. The van der Waals surface area contributed by atoms with Crippen LogP contribution in [0.3, 0.4) is 0 Å². The van der Waals surface area contributed by atoms with Crippen LogP contribution in [0.25, 0.3) is 0 Å². The summed E-state index contributed by atoms with van der Waals surface area (Å²) in [4.78, 5) is 0. The fourth-order valence-electron chi connectivity index (χ4n) is 3.18. The summed E-state index contributed by atoms with van der Waals surface area (Å²) in [6, 6.07) is 0. The summed E-state index contributed by atoms with van der Waals surface area (Å²) in [7, 11) is 2.21. The van der Waals surface area contributed by atoms with E-state index in [1.54, 1.807) is 0 Å². The Morgan fingerprint density at radius 2 is 1.05 bits per heavy atom. The van der Waals surface area contributed by atoms with Crippen molar-refractivity contribution in [2.75, 3.05) is 0 Å². The Bertz CT molecular complexity index is 340. The maximum Gasteiger partial charge on any atom is 0.235 e. The average molecular weight is 323 g/mol. The largest absolute Gasteiger partial charge is 0.235 e. The molecule has 0 N–H and O–H groups in total. The van der Waals surface area contributed by atoms with E-state index in [9.17, 15) is 8.42 Å². The van der Waals surface area contributed by atoms with E-state index < -0.39 is 9.05 Å². The van der Waals surface area contributed by atoms with Crippen LogP contribution in [0.4, 0.5) is 0 Å². The first-order valence-corrected chi connectivity index (χ1v) is 10.8. The minimum atomic E-state index is -3.37. The highest BCUT2D eigenvalue weighted by atomic mass is 35.7. The maximum atomic E-state index is 11.6. The van der Waals surface area contributed by atoms with Crippen LogP contribution in [0.2, 0.25) is 0 Å². The summed E-state index contributed by atoms with van der Waals surface area (Å²) in [6.07, 6.45) is 14.9. The molecule has 20 heavy (non-hydrogen) atoms. The van der Waals surface area contributed by atoms with Crippen LogP contribution in [0.1, 0.15) is 90.4 Å². The summed E-state index contributed by atoms with van der Waals surface area (Å²) < 4.78 is 23.2. The van der Waals surface area contributed by atoms with Crippen LogP contribution >= 0.6 is 10.7 Å². The van der Waals surface area contributed by atoms with Gasteiger partial charge < -0.3 is 0 Å². The standard InChI is InChI=1S/C16H31ClO2S/c1-15-11-7-3-2-4-9-13-16(20(17,18)19)14-10-6-5-8-12-15/h15-16H,2-14H2,1H3. The minimum absolute atomic E-state index is 0.312. The molecule has 1 aliphatic carbocycles. The SMILES string of the molecule is CC1CCCCCCCC(S(=O)(=O)Cl)CCCCCC1. The van der Waals surface area contributed by atoms with Crippen LogP contribution in [0.5, 0.6) is 0 Å². The van der Waals surface area contributed by atoms with Gasteiger partial charge in [0.2, 0.25) is 9.05 Å². The molecule has 0 aromatic rings. The molecule has 1 aliphatic rings. The molecule has 0 aromatic carbocycles. The first-order valence-electron chi connectivity index (χ1n) is 8.43. The third kappa shape index (κ3) is 8.51. The van der Waals surface area contributed by atoms with E-state index in [0.717, 1.165) is 44.4 Å². The van der Waals surface area contributed by atoms with E-state index >= 15 is 0 Å². The van der Waals surface area contributed by atoms with Gasteiger partial charge in [-0.2, -0.15) is 0 Å². The molecule has 0 amide bonds. The van der Waals surface area contributed by atoms with Crippen molar-refractivity contribution in [2.45, 2.75) is 95.6 Å². The monoisotopic (exact) mass is 322 g/mol. The predicted octanol–water partition coefficient (Wildman–Crippen LogP) is 5.64. The molecule has 0 radical (unpaired) electrons. The molecule has 4 heteroatoms. The van der Waals surface area contributed by atoms with Crippen LogP contribution in [0.15, 0.2) is 0 Å². The zero-order chi connectivity index (χ0) is 14.8. The highest BCUT2D eigenvalue weighted by Crippen LogP contribution is 2.24. The molecule has 2 atom stereocenters. The first kappa shape index (κ1) is 18.3. The van der Waals surface area contributed by atoms with Gasteiger partial charge in [-0.05, 0) is 18.8 Å². The Morgan fingerprint density at radius 1 is 0.700 bits per heavy atom. The lowest BCUT2D eigenvalue weighted by molar-refractivity contribution is 0.434. The van der Waals surface area contributed by atoms with Crippen LogP contribution in [0, 0.1) is 5.92 Å². The van der Waals surface area contributed by atoms with E-state index in [1.165, 1.54) is 44.9 Å². The van der Waals surface area contributed by atoms with Crippen LogP contribution < -0.4 is 0 Å². The second-order valence-corrected chi connectivity index (χ2v) is 9.45. The minimum Gasteiger partial charge on any atom is -0.212 e. The Hall–Kier alpha value is 0.240. The van der Waals surface area contributed by atoms with Crippen molar-refractivity contribution < 1.29 is 8.42 Å². The quantitative estimate of drug-likeness (QED) is 0.585. The van der Waals surface area contributed by atoms with Crippen molar-refractivity contribution in [3.05, 3.63) is 0 Å². The van der Waals surface area contributed by atoms with E-state index in [0.29, 0.717) is 0 Å². The second kappa shape index (κ2) is 10.0. The molecule has 1 saturated carbocycles. The van der Waals surface area contributed by atoms with Crippen molar-refractivity contribution >= 4 is 19.7 Å². The summed E-state index contributed by atoms with van der Waals surface area (Å²) in [5, 5.41) is -0.312. The number of rotatable bonds is 1. The molecular weight excluding hydrogens is 292 g/mol. The molecule has 0 spiro atoms. The van der Waals surface area contributed by atoms with Gasteiger partial charge in [0.25, 0.3) is 0 Å². The Balaban J connectivity index is 2.42. The summed E-state index contributed by atoms with van der Waals surface area (Å²) in [6.45, 7) is 2.37. The molecule has 2 nitrogen and oxygen atoms in total. The lowest BCUT2D eigenvalue weighted by Crippen LogP contribution is -2.16. The van der Waals surface area contributed by atoms with Crippen LogP contribution in [-0.4, -0.2) is 13.7 Å². The topological polar surface area (TPSA) is 34.1 Å². The van der Waals surface area contributed by atoms with E-state index in [4.69, 9.17) is 10.7 Å². The lowest BCUT2D eigenvalue weighted by Gasteiger charge is -2.13. The number of hydrogen-bond donors (Lipinski definition) is 0. The van der Waals surface area contributed by atoms with Gasteiger partial charge in [0.15, 0.2) is 0 Å². The van der Waals surface area contributed by atoms with E-state index in [2.05, 4.69) is 6.92 Å². The molecule has 1 fully saturated rings. The molecule has 0 heterocycles. The van der Waals surface area contributed by atoms with Gasteiger partial charge in [0, 0.05) is 10.7 Å². The van der Waals surface area contributed by atoms with Gasteiger partial charge in [-0.1, -0.05) is 77.6 Å². The number of halogens is 1. The van der Waals surface area contributed by atoms with E-state index in [-0.39, 0.29) is 5.25 Å². The molecule has 2 unspecified atom stereocenters. The average Bonchev–Trinajstić information content (AvgIpc) is 2.37. The molecule has 1 rings (SSSR count). The van der Waals surface area contributed by atoms with Gasteiger partial charge in [-0.3, -0.25) is 0 Å². The third-order valence-electron chi connectivity index (χ3n) is 4.59. The first-order chi connectivity index (χ1) is 9.50. The van der Waals surface area contributed by atoms with Crippen molar-refractivity contribution in [1.29, 1.82) is 0 Å². The van der Waals surface area contributed by atoms with Crippen LogP contribution in [-0.2, 0) is 9.05 Å². The summed E-state index contributed by atoms with van der Waals surface area (Å²) in [5.74, 6) is 0.857. The molecule has 0 bridgehead atoms. The second-order valence-electron chi connectivity index (χ2n) is 6.54. The van der Waals surface area contributed by atoms with Gasteiger partial charge >= 0.3 is 0 Å². The van der Waals surface area contributed by atoms with E-state index in [1.807, 2.05) is 0 Å². The van der Waals surface area contributed by atoms with Gasteiger partial charge in [0.1, 0.15) is 0 Å². The zero-order valence-corrected chi connectivity index (χ0v) is 14.5. The van der Waals surface area contributed by atoms with Crippen molar-refractivity contribution in [3.63, 3.8) is 0 Å². The molecule has 0 saturated heterocycles. The predicted molar refractivity (Wildman–Crippen MR) is 87.7 cm³/mol. The molecule has 0 aromatic heterocycles. The van der Waals surface area contributed by atoms with Gasteiger partial charge in [-0.15, -0.1) is 0 Å². The van der Waals surface area contributed by atoms with Crippen molar-refractivity contribution in [1.82, 2.24) is 0 Å². The molecule has 0 aliphatic heterocycles. The Kier molecular flexibility index (Phi) is 9.19. The third-order valence-corrected chi connectivity index (χ3v) is 6.62. The summed E-state index contributed by atoms with van der Waals surface area (Å²) >= 11 is 0. The maximum absolute atomic E-state index is 11.6.